The average Bonchev–Trinajstić information content (AvgIpc) is 2.69. The third kappa shape index (κ3) is 2.85. The van der Waals surface area contributed by atoms with Crippen molar-refractivity contribution in [2.75, 3.05) is 31.2 Å². The van der Waals surface area contributed by atoms with Gasteiger partial charge in [-0.25, -0.2) is 4.98 Å². The molecule has 1 aromatic rings. The third-order valence-corrected chi connectivity index (χ3v) is 5.03. The lowest BCUT2D eigenvalue weighted by atomic mass is 9.79. The summed E-state index contributed by atoms with van der Waals surface area (Å²) >= 11 is 6.34. The SMILES string of the molecule is CC1(C)OB(c2cc(N3CCOCC3)ncc2Cl)OC1(C)C. The van der Waals surface area contributed by atoms with E-state index in [-0.39, 0.29) is 11.2 Å². The Balaban J connectivity index is 1.88. The molecule has 2 aliphatic rings. The number of aromatic nitrogens is 1. The van der Waals surface area contributed by atoms with Gasteiger partial charge in [-0.1, -0.05) is 11.6 Å². The van der Waals surface area contributed by atoms with Gasteiger partial charge < -0.3 is 18.9 Å². The summed E-state index contributed by atoms with van der Waals surface area (Å²) in [7, 11) is -0.472. The maximum absolute atomic E-state index is 6.34. The Labute approximate surface area is 137 Å². The number of anilines is 1. The van der Waals surface area contributed by atoms with Crippen LogP contribution in [0.1, 0.15) is 27.7 Å². The zero-order valence-electron chi connectivity index (χ0n) is 13.6. The van der Waals surface area contributed by atoms with Crippen LogP contribution in [0.15, 0.2) is 12.3 Å². The summed E-state index contributed by atoms with van der Waals surface area (Å²) in [4.78, 5) is 6.62. The summed E-state index contributed by atoms with van der Waals surface area (Å²) < 4.78 is 17.6. The molecule has 0 unspecified atom stereocenters. The van der Waals surface area contributed by atoms with Crippen LogP contribution in [-0.4, -0.2) is 49.6 Å². The molecule has 0 aromatic carbocycles. The second-order valence-electron chi connectivity index (χ2n) is 6.75. The smallest absolute Gasteiger partial charge is 0.399 e. The van der Waals surface area contributed by atoms with E-state index in [4.69, 9.17) is 25.6 Å². The highest BCUT2D eigenvalue weighted by Gasteiger charge is 2.52. The quantitative estimate of drug-likeness (QED) is 0.777. The van der Waals surface area contributed by atoms with Crippen molar-refractivity contribution in [3.05, 3.63) is 17.3 Å². The molecule has 3 rings (SSSR count). The van der Waals surface area contributed by atoms with Crippen LogP contribution in [-0.2, 0) is 14.0 Å². The van der Waals surface area contributed by atoms with Gasteiger partial charge in [-0.05, 0) is 33.8 Å². The molecule has 22 heavy (non-hydrogen) atoms. The molecule has 0 aliphatic carbocycles. The summed E-state index contributed by atoms with van der Waals surface area (Å²) in [5.74, 6) is 0.886. The van der Waals surface area contributed by atoms with E-state index in [1.807, 2.05) is 33.8 Å². The number of morpholine rings is 1. The fourth-order valence-electron chi connectivity index (χ4n) is 2.56. The molecule has 0 bridgehead atoms. The first-order valence-corrected chi connectivity index (χ1v) is 8.02. The minimum absolute atomic E-state index is 0.386. The monoisotopic (exact) mass is 324 g/mol. The van der Waals surface area contributed by atoms with Crippen molar-refractivity contribution in [3.8, 4) is 0 Å². The predicted molar refractivity (Wildman–Crippen MR) is 88.0 cm³/mol. The predicted octanol–water partition coefficient (Wildman–Crippen LogP) is 1.87. The second kappa shape index (κ2) is 5.67. The van der Waals surface area contributed by atoms with Crippen molar-refractivity contribution >= 4 is 30.0 Å². The summed E-state index contributed by atoms with van der Waals surface area (Å²) in [5, 5.41) is 0.565. The Hall–Kier alpha value is -0.815. The molecule has 0 spiro atoms. The van der Waals surface area contributed by atoms with E-state index >= 15 is 0 Å². The normalized spacial score (nSPS) is 23.9. The summed E-state index contributed by atoms with van der Waals surface area (Å²) in [6.45, 7) is 11.2. The van der Waals surface area contributed by atoms with Crippen molar-refractivity contribution < 1.29 is 14.0 Å². The molecular formula is C15H22BClN2O3. The molecule has 0 amide bonds. The Kier molecular flexibility index (Phi) is 4.14. The summed E-state index contributed by atoms with van der Waals surface area (Å²) in [5.41, 5.74) is 0.0593. The van der Waals surface area contributed by atoms with Gasteiger partial charge in [0, 0.05) is 24.7 Å². The fourth-order valence-corrected chi connectivity index (χ4v) is 2.75. The van der Waals surface area contributed by atoms with Gasteiger partial charge in [0.25, 0.3) is 0 Å². The van der Waals surface area contributed by atoms with Crippen LogP contribution in [0.5, 0.6) is 0 Å². The molecule has 3 heterocycles. The van der Waals surface area contributed by atoms with Gasteiger partial charge in [0.15, 0.2) is 0 Å². The van der Waals surface area contributed by atoms with E-state index in [0.29, 0.717) is 5.02 Å². The van der Waals surface area contributed by atoms with E-state index in [1.54, 1.807) is 6.20 Å². The van der Waals surface area contributed by atoms with Crippen molar-refractivity contribution in [2.24, 2.45) is 0 Å². The van der Waals surface area contributed by atoms with Crippen molar-refractivity contribution in [1.29, 1.82) is 0 Å². The molecule has 2 saturated heterocycles. The summed E-state index contributed by atoms with van der Waals surface area (Å²) in [6, 6.07) is 1.97. The van der Waals surface area contributed by atoms with Crippen LogP contribution in [0.4, 0.5) is 5.82 Å². The molecule has 2 fully saturated rings. The molecule has 0 atom stereocenters. The molecule has 0 saturated carbocycles. The van der Waals surface area contributed by atoms with Crippen LogP contribution < -0.4 is 10.4 Å². The minimum Gasteiger partial charge on any atom is -0.399 e. The highest BCUT2D eigenvalue weighted by Crippen LogP contribution is 2.37. The van der Waals surface area contributed by atoms with Gasteiger partial charge in [-0.2, -0.15) is 0 Å². The van der Waals surface area contributed by atoms with E-state index in [2.05, 4.69) is 9.88 Å². The third-order valence-electron chi connectivity index (χ3n) is 4.71. The Bertz CT molecular complexity index is 546. The first-order valence-electron chi connectivity index (χ1n) is 7.64. The molecule has 1 aromatic heterocycles. The van der Waals surface area contributed by atoms with Crippen LogP contribution in [0.3, 0.4) is 0 Å². The second-order valence-corrected chi connectivity index (χ2v) is 7.16. The van der Waals surface area contributed by atoms with E-state index in [1.165, 1.54) is 0 Å². The highest BCUT2D eigenvalue weighted by atomic mass is 35.5. The molecule has 2 aliphatic heterocycles. The molecular weight excluding hydrogens is 302 g/mol. The van der Waals surface area contributed by atoms with Crippen molar-refractivity contribution in [2.45, 2.75) is 38.9 Å². The van der Waals surface area contributed by atoms with Gasteiger partial charge in [0.05, 0.1) is 29.4 Å². The Morgan fingerprint density at radius 3 is 2.32 bits per heavy atom. The number of hydrogen-bond donors (Lipinski definition) is 0. The molecule has 7 heteroatoms. The Morgan fingerprint density at radius 1 is 1.14 bits per heavy atom. The van der Waals surface area contributed by atoms with Gasteiger partial charge in [-0.3, -0.25) is 0 Å². The van der Waals surface area contributed by atoms with Gasteiger partial charge >= 0.3 is 7.12 Å². The zero-order valence-corrected chi connectivity index (χ0v) is 14.3. The number of nitrogens with zero attached hydrogens (tertiary/aromatic N) is 2. The maximum atomic E-state index is 6.34. The molecule has 5 nitrogen and oxygen atoms in total. The van der Waals surface area contributed by atoms with Crippen LogP contribution >= 0.6 is 11.6 Å². The maximum Gasteiger partial charge on any atom is 0.496 e. The van der Waals surface area contributed by atoms with Crippen LogP contribution in [0, 0.1) is 0 Å². The van der Waals surface area contributed by atoms with Gasteiger partial charge in [0.2, 0.25) is 0 Å². The van der Waals surface area contributed by atoms with Gasteiger partial charge in [0.1, 0.15) is 5.82 Å². The van der Waals surface area contributed by atoms with Crippen LogP contribution in [0.25, 0.3) is 0 Å². The largest absolute Gasteiger partial charge is 0.496 e. The lowest BCUT2D eigenvalue weighted by Gasteiger charge is -2.32. The number of hydrogen-bond acceptors (Lipinski definition) is 5. The van der Waals surface area contributed by atoms with E-state index < -0.39 is 7.12 Å². The Morgan fingerprint density at radius 2 is 1.73 bits per heavy atom. The van der Waals surface area contributed by atoms with Crippen molar-refractivity contribution in [1.82, 2.24) is 4.98 Å². The van der Waals surface area contributed by atoms with E-state index in [0.717, 1.165) is 37.6 Å². The lowest BCUT2D eigenvalue weighted by Crippen LogP contribution is -2.41. The first kappa shape index (κ1) is 16.1. The first-order chi connectivity index (χ1) is 10.3. The van der Waals surface area contributed by atoms with E-state index in [9.17, 15) is 0 Å². The minimum atomic E-state index is -0.472. The van der Waals surface area contributed by atoms with Crippen LogP contribution in [0.2, 0.25) is 5.02 Å². The van der Waals surface area contributed by atoms with Gasteiger partial charge in [-0.15, -0.1) is 0 Å². The topological polar surface area (TPSA) is 43.8 Å². The number of ether oxygens (including phenoxy) is 1. The average molecular weight is 325 g/mol. The number of rotatable bonds is 2. The number of halogens is 1. The standard InChI is InChI=1S/C15H22BClN2O3/c1-14(2)15(3,4)22-16(21-14)11-9-13(18-10-12(11)17)19-5-7-20-8-6-19/h9-10H,5-8H2,1-4H3. The molecule has 120 valence electrons. The fraction of sp³-hybridized carbons (Fsp3) is 0.667. The zero-order chi connectivity index (χ0) is 16.0. The van der Waals surface area contributed by atoms with Crippen molar-refractivity contribution in [3.63, 3.8) is 0 Å². The summed E-state index contributed by atoms with van der Waals surface area (Å²) in [6.07, 6.45) is 1.67. The molecule has 0 radical (unpaired) electrons. The molecule has 0 N–H and O–H groups in total. The lowest BCUT2D eigenvalue weighted by molar-refractivity contribution is 0.00578. The highest BCUT2D eigenvalue weighted by molar-refractivity contribution is 6.65. The number of pyridine rings is 1.